The van der Waals surface area contributed by atoms with Gasteiger partial charge in [-0.3, -0.25) is 4.79 Å². The third-order valence-electron chi connectivity index (χ3n) is 3.39. The van der Waals surface area contributed by atoms with Crippen molar-refractivity contribution in [1.29, 1.82) is 0 Å². The molecule has 1 aromatic rings. The average molecular weight is 293 g/mol. The summed E-state index contributed by atoms with van der Waals surface area (Å²) in [5, 5.41) is 11.7. The standard InChI is InChI=1S/C16H23NO4/c1-4-11(3)15(16(19)20)17-14(18)10-12-6-8-13(9-7-12)21-5-2/h6-9,11,15H,4-5,10H2,1-3H3,(H,17,18)(H,19,20)/t11-,15-/m0/s1. The summed E-state index contributed by atoms with van der Waals surface area (Å²) in [6.07, 6.45) is 0.854. The normalized spacial score (nSPS) is 13.3. The van der Waals surface area contributed by atoms with Crippen molar-refractivity contribution in [2.45, 2.75) is 39.7 Å². The maximum atomic E-state index is 12.0. The third kappa shape index (κ3) is 5.45. The Bertz CT molecular complexity index is 470. The van der Waals surface area contributed by atoms with Crippen molar-refractivity contribution in [3.63, 3.8) is 0 Å². The molecular weight excluding hydrogens is 270 g/mol. The zero-order valence-corrected chi connectivity index (χ0v) is 12.8. The highest BCUT2D eigenvalue weighted by molar-refractivity contribution is 5.85. The lowest BCUT2D eigenvalue weighted by atomic mass is 9.99. The zero-order chi connectivity index (χ0) is 15.8. The topological polar surface area (TPSA) is 75.6 Å². The predicted octanol–water partition coefficient (Wildman–Crippen LogP) is 2.24. The number of nitrogens with one attached hydrogen (secondary N) is 1. The number of rotatable bonds is 8. The molecule has 0 bridgehead atoms. The van der Waals surface area contributed by atoms with E-state index in [4.69, 9.17) is 9.84 Å². The van der Waals surface area contributed by atoms with E-state index < -0.39 is 12.0 Å². The van der Waals surface area contributed by atoms with E-state index in [0.29, 0.717) is 13.0 Å². The molecule has 0 saturated heterocycles. The van der Waals surface area contributed by atoms with Gasteiger partial charge in [0, 0.05) is 0 Å². The van der Waals surface area contributed by atoms with Crippen LogP contribution in [0.25, 0.3) is 0 Å². The number of hydrogen-bond acceptors (Lipinski definition) is 3. The van der Waals surface area contributed by atoms with Crippen LogP contribution in [0.3, 0.4) is 0 Å². The Balaban J connectivity index is 2.61. The molecular formula is C16H23NO4. The van der Waals surface area contributed by atoms with Crippen LogP contribution in [-0.2, 0) is 16.0 Å². The van der Waals surface area contributed by atoms with Crippen molar-refractivity contribution in [2.24, 2.45) is 5.92 Å². The summed E-state index contributed by atoms with van der Waals surface area (Å²) < 4.78 is 5.33. The lowest BCUT2D eigenvalue weighted by Gasteiger charge is -2.20. The first-order valence-corrected chi connectivity index (χ1v) is 7.21. The predicted molar refractivity (Wildman–Crippen MR) is 80.3 cm³/mol. The quantitative estimate of drug-likeness (QED) is 0.770. The summed E-state index contributed by atoms with van der Waals surface area (Å²) in [6, 6.07) is 6.38. The molecule has 5 heteroatoms. The summed E-state index contributed by atoms with van der Waals surface area (Å²) in [5.41, 5.74) is 0.823. The van der Waals surface area contributed by atoms with Crippen LogP contribution in [-0.4, -0.2) is 29.6 Å². The maximum Gasteiger partial charge on any atom is 0.326 e. The van der Waals surface area contributed by atoms with Crippen molar-refractivity contribution in [3.8, 4) is 5.75 Å². The van der Waals surface area contributed by atoms with Crippen molar-refractivity contribution in [1.82, 2.24) is 5.32 Å². The number of carboxylic acid groups (broad SMARTS) is 1. The maximum absolute atomic E-state index is 12.0. The number of amides is 1. The Morgan fingerprint density at radius 3 is 2.33 bits per heavy atom. The van der Waals surface area contributed by atoms with Gasteiger partial charge in [-0.1, -0.05) is 32.4 Å². The van der Waals surface area contributed by atoms with Gasteiger partial charge < -0.3 is 15.2 Å². The molecule has 0 heterocycles. The highest BCUT2D eigenvalue weighted by Crippen LogP contribution is 2.13. The molecule has 0 aliphatic heterocycles. The number of benzene rings is 1. The molecule has 0 aliphatic rings. The van der Waals surface area contributed by atoms with E-state index >= 15 is 0 Å². The first-order chi connectivity index (χ1) is 9.97. The lowest BCUT2D eigenvalue weighted by Crippen LogP contribution is -2.45. The number of aliphatic carboxylic acids is 1. The van der Waals surface area contributed by atoms with Gasteiger partial charge in [-0.25, -0.2) is 4.79 Å². The van der Waals surface area contributed by atoms with Crippen LogP contribution in [0, 0.1) is 5.92 Å². The second-order valence-electron chi connectivity index (χ2n) is 5.02. The number of hydrogen-bond donors (Lipinski definition) is 2. The van der Waals surface area contributed by atoms with Crippen molar-refractivity contribution in [2.75, 3.05) is 6.61 Å². The molecule has 5 nitrogen and oxygen atoms in total. The average Bonchev–Trinajstić information content (AvgIpc) is 2.46. The van der Waals surface area contributed by atoms with Crippen LogP contribution in [0.15, 0.2) is 24.3 Å². The first kappa shape index (κ1) is 17.0. The molecule has 1 amide bonds. The largest absolute Gasteiger partial charge is 0.494 e. The van der Waals surface area contributed by atoms with E-state index in [1.165, 1.54) is 0 Å². The summed E-state index contributed by atoms with van der Waals surface area (Å²) in [5.74, 6) is -0.632. The van der Waals surface area contributed by atoms with Crippen LogP contribution in [0.1, 0.15) is 32.8 Å². The van der Waals surface area contributed by atoms with Gasteiger partial charge >= 0.3 is 5.97 Å². The summed E-state index contributed by atoms with van der Waals surface area (Å²) in [7, 11) is 0. The fraction of sp³-hybridized carbons (Fsp3) is 0.500. The molecule has 1 rings (SSSR count). The van der Waals surface area contributed by atoms with Crippen LogP contribution in [0.5, 0.6) is 5.75 Å². The Morgan fingerprint density at radius 2 is 1.86 bits per heavy atom. The van der Waals surface area contributed by atoms with Crippen LogP contribution >= 0.6 is 0 Å². The molecule has 0 fully saturated rings. The molecule has 1 aromatic carbocycles. The van der Waals surface area contributed by atoms with Crippen LogP contribution in [0.4, 0.5) is 0 Å². The molecule has 0 saturated carbocycles. The minimum atomic E-state index is -0.996. The molecule has 21 heavy (non-hydrogen) atoms. The SMILES string of the molecule is CCOc1ccc(CC(=O)N[C@H](C(=O)O)[C@@H](C)CC)cc1. The van der Waals surface area contributed by atoms with Crippen molar-refractivity contribution >= 4 is 11.9 Å². The monoisotopic (exact) mass is 293 g/mol. The highest BCUT2D eigenvalue weighted by atomic mass is 16.5. The summed E-state index contributed by atoms with van der Waals surface area (Å²) in [4.78, 5) is 23.1. The molecule has 2 N–H and O–H groups in total. The molecule has 2 atom stereocenters. The van der Waals surface area contributed by atoms with E-state index in [-0.39, 0.29) is 18.2 Å². The molecule has 116 valence electrons. The Morgan fingerprint density at radius 1 is 1.24 bits per heavy atom. The fourth-order valence-corrected chi connectivity index (χ4v) is 1.96. The Hall–Kier alpha value is -2.04. The zero-order valence-electron chi connectivity index (χ0n) is 12.8. The van der Waals surface area contributed by atoms with Gasteiger partial charge in [-0.15, -0.1) is 0 Å². The lowest BCUT2D eigenvalue weighted by molar-refractivity contribution is -0.143. The smallest absolute Gasteiger partial charge is 0.326 e. The first-order valence-electron chi connectivity index (χ1n) is 7.21. The van der Waals surface area contributed by atoms with Gasteiger partial charge in [0.2, 0.25) is 5.91 Å². The summed E-state index contributed by atoms with van der Waals surface area (Å²) >= 11 is 0. The van der Waals surface area contributed by atoms with Gasteiger partial charge in [0.05, 0.1) is 13.0 Å². The van der Waals surface area contributed by atoms with Gasteiger partial charge in [0.15, 0.2) is 0 Å². The molecule has 0 radical (unpaired) electrons. The second-order valence-corrected chi connectivity index (χ2v) is 5.02. The molecule has 0 unspecified atom stereocenters. The van der Waals surface area contributed by atoms with Crippen LogP contribution < -0.4 is 10.1 Å². The fourth-order valence-electron chi connectivity index (χ4n) is 1.96. The molecule has 0 aliphatic carbocycles. The second kappa shape index (κ2) is 8.29. The molecule has 0 aromatic heterocycles. The Kier molecular flexibility index (Phi) is 6.72. The van der Waals surface area contributed by atoms with Gasteiger partial charge in [-0.2, -0.15) is 0 Å². The minimum Gasteiger partial charge on any atom is -0.494 e. The van der Waals surface area contributed by atoms with Gasteiger partial charge in [-0.05, 0) is 30.5 Å². The van der Waals surface area contributed by atoms with E-state index in [1.807, 2.05) is 32.9 Å². The van der Waals surface area contributed by atoms with E-state index in [9.17, 15) is 9.59 Å². The van der Waals surface area contributed by atoms with Gasteiger partial charge in [0.25, 0.3) is 0 Å². The van der Waals surface area contributed by atoms with E-state index in [1.54, 1.807) is 12.1 Å². The Labute approximate surface area is 125 Å². The third-order valence-corrected chi connectivity index (χ3v) is 3.39. The number of ether oxygens (including phenoxy) is 1. The van der Waals surface area contributed by atoms with Gasteiger partial charge in [0.1, 0.15) is 11.8 Å². The number of carbonyl (C=O) groups excluding carboxylic acids is 1. The minimum absolute atomic E-state index is 0.105. The van der Waals surface area contributed by atoms with Crippen molar-refractivity contribution < 1.29 is 19.4 Å². The number of carbonyl (C=O) groups is 2. The summed E-state index contributed by atoms with van der Waals surface area (Å²) in [6.45, 7) is 6.21. The highest BCUT2D eigenvalue weighted by Gasteiger charge is 2.25. The van der Waals surface area contributed by atoms with E-state index in [2.05, 4.69) is 5.32 Å². The van der Waals surface area contributed by atoms with Crippen molar-refractivity contribution in [3.05, 3.63) is 29.8 Å². The molecule has 0 spiro atoms. The van der Waals surface area contributed by atoms with Crippen LogP contribution in [0.2, 0.25) is 0 Å². The number of carboxylic acids is 1. The van der Waals surface area contributed by atoms with E-state index in [0.717, 1.165) is 11.3 Å².